The van der Waals surface area contributed by atoms with Gasteiger partial charge >= 0.3 is 11.6 Å². The fourth-order valence-corrected chi connectivity index (χ4v) is 2.65. The van der Waals surface area contributed by atoms with Gasteiger partial charge in [-0.1, -0.05) is 17.7 Å². The van der Waals surface area contributed by atoms with E-state index in [1.165, 1.54) is 13.4 Å². The van der Waals surface area contributed by atoms with Gasteiger partial charge in [0.2, 0.25) is 5.82 Å². The highest BCUT2D eigenvalue weighted by atomic mass is 35.5. The average molecular weight is 401 g/mol. The molecule has 0 saturated heterocycles. The molecule has 0 aliphatic rings. The van der Waals surface area contributed by atoms with Gasteiger partial charge in [0.1, 0.15) is 17.8 Å². The van der Waals surface area contributed by atoms with Crippen molar-refractivity contribution in [1.82, 2.24) is 9.97 Å². The number of halogens is 1. The third-order valence-corrected chi connectivity index (χ3v) is 4.35. The van der Waals surface area contributed by atoms with Gasteiger partial charge in [-0.15, -0.1) is 0 Å². The molecule has 1 aromatic heterocycles. The Morgan fingerprint density at radius 3 is 2.61 bits per heavy atom. The zero-order valence-corrected chi connectivity index (χ0v) is 16.1. The van der Waals surface area contributed by atoms with E-state index < -0.39 is 10.6 Å². The average Bonchev–Trinajstić information content (AvgIpc) is 2.65. The van der Waals surface area contributed by atoms with Gasteiger partial charge in [0, 0.05) is 5.02 Å². The van der Waals surface area contributed by atoms with E-state index in [4.69, 9.17) is 21.1 Å². The van der Waals surface area contributed by atoms with Crippen LogP contribution in [0.3, 0.4) is 0 Å². The number of nitrogens with one attached hydrogen (secondary N) is 1. The first-order valence-corrected chi connectivity index (χ1v) is 8.62. The normalized spacial score (nSPS) is 10.4. The van der Waals surface area contributed by atoms with E-state index in [0.717, 1.165) is 11.1 Å². The molecule has 0 atom stereocenters. The number of benzene rings is 2. The Morgan fingerprint density at radius 2 is 1.93 bits per heavy atom. The van der Waals surface area contributed by atoms with Crippen molar-refractivity contribution >= 4 is 28.8 Å². The molecule has 8 nitrogen and oxygen atoms in total. The zero-order chi connectivity index (χ0) is 20.3. The van der Waals surface area contributed by atoms with Gasteiger partial charge < -0.3 is 14.8 Å². The van der Waals surface area contributed by atoms with Crippen LogP contribution in [0.5, 0.6) is 17.4 Å². The van der Waals surface area contributed by atoms with Crippen LogP contribution in [-0.4, -0.2) is 22.0 Å². The number of methoxy groups -OCH3 is 1. The number of nitrogens with zero attached hydrogens (tertiary/aromatic N) is 3. The second-order valence-electron chi connectivity index (χ2n) is 5.97. The van der Waals surface area contributed by atoms with E-state index in [1.54, 1.807) is 37.3 Å². The molecule has 0 bridgehead atoms. The molecule has 0 fully saturated rings. The van der Waals surface area contributed by atoms with Gasteiger partial charge in [-0.25, -0.2) is 4.98 Å². The zero-order valence-electron chi connectivity index (χ0n) is 15.4. The molecule has 0 saturated carbocycles. The lowest BCUT2D eigenvalue weighted by Crippen LogP contribution is -2.04. The van der Waals surface area contributed by atoms with Crippen LogP contribution in [0.15, 0.2) is 42.7 Å². The number of hydrogen-bond acceptors (Lipinski definition) is 7. The minimum atomic E-state index is -0.595. The van der Waals surface area contributed by atoms with Crippen LogP contribution in [0.1, 0.15) is 11.1 Å². The molecule has 9 heteroatoms. The van der Waals surface area contributed by atoms with Crippen molar-refractivity contribution in [1.29, 1.82) is 0 Å². The quantitative estimate of drug-likeness (QED) is 0.448. The van der Waals surface area contributed by atoms with E-state index in [2.05, 4.69) is 15.3 Å². The molecule has 0 radical (unpaired) electrons. The summed E-state index contributed by atoms with van der Waals surface area (Å²) in [4.78, 5) is 19.1. The SMILES string of the molecule is COc1ccc(C)cc1Nc1ncnc(Oc2ccc(Cl)c(C)c2)c1[N+](=O)[O-]. The summed E-state index contributed by atoms with van der Waals surface area (Å²) in [5.74, 6) is 0.706. The third-order valence-electron chi connectivity index (χ3n) is 3.92. The molecule has 2 aromatic carbocycles. The number of hydrogen-bond donors (Lipinski definition) is 1. The molecular weight excluding hydrogens is 384 g/mol. The van der Waals surface area contributed by atoms with Crippen molar-refractivity contribution in [3.05, 3.63) is 69.0 Å². The first-order chi connectivity index (χ1) is 13.4. The molecule has 1 N–H and O–H groups in total. The molecule has 0 aliphatic carbocycles. The van der Waals surface area contributed by atoms with Crippen molar-refractivity contribution in [3.63, 3.8) is 0 Å². The van der Waals surface area contributed by atoms with E-state index in [9.17, 15) is 10.1 Å². The summed E-state index contributed by atoms with van der Waals surface area (Å²) >= 11 is 6.01. The number of rotatable bonds is 6. The van der Waals surface area contributed by atoms with Crippen LogP contribution in [0.25, 0.3) is 0 Å². The highest BCUT2D eigenvalue weighted by Crippen LogP contribution is 2.38. The molecule has 144 valence electrons. The van der Waals surface area contributed by atoms with Gasteiger partial charge in [-0.3, -0.25) is 10.1 Å². The van der Waals surface area contributed by atoms with Crippen LogP contribution in [0, 0.1) is 24.0 Å². The number of aryl methyl sites for hydroxylation is 2. The second kappa shape index (κ2) is 8.10. The molecule has 0 aliphatic heterocycles. The minimum Gasteiger partial charge on any atom is -0.495 e. The van der Waals surface area contributed by atoms with Crippen molar-refractivity contribution < 1.29 is 14.4 Å². The molecule has 0 amide bonds. The predicted octanol–water partition coefficient (Wildman–Crippen LogP) is 5.20. The maximum absolute atomic E-state index is 11.7. The van der Waals surface area contributed by atoms with Crippen LogP contribution >= 0.6 is 11.6 Å². The van der Waals surface area contributed by atoms with Crippen LogP contribution in [0.2, 0.25) is 5.02 Å². The third kappa shape index (κ3) is 4.12. The number of anilines is 2. The Bertz CT molecular complexity index is 1040. The lowest BCUT2D eigenvalue weighted by atomic mass is 10.2. The summed E-state index contributed by atoms with van der Waals surface area (Å²) in [6.07, 6.45) is 1.19. The molecule has 3 aromatic rings. The summed E-state index contributed by atoms with van der Waals surface area (Å²) in [6, 6.07) is 10.4. The predicted molar refractivity (Wildman–Crippen MR) is 106 cm³/mol. The highest BCUT2D eigenvalue weighted by Gasteiger charge is 2.26. The standard InChI is InChI=1S/C19H17ClN4O4/c1-11-4-7-16(27-3)15(8-11)23-18-17(24(25)26)19(22-10-21-18)28-13-5-6-14(20)12(2)9-13/h4-10H,1-3H3,(H,21,22,23). The number of aromatic nitrogens is 2. The fourth-order valence-electron chi connectivity index (χ4n) is 2.53. The van der Waals surface area contributed by atoms with Crippen molar-refractivity contribution in [2.24, 2.45) is 0 Å². The van der Waals surface area contributed by atoms with E-state index in [-0.39, 0.29) is 11.7 Å². The van der Waals surface area contributed by atoms with Gasteiger partial charge in [0.05, 0.1) is 17.7 Å². The van der Waals surface area contributed by atoms with Gasteiger partial charge in [-0.2, -0.15) is 4.98 Å². The van der Waals surface area contributed by atoms with Crippen molar-refractivity contribution in [2.75, 3.05) is 12.4 Å². The maximum Gasteiger partial charge on any atom is 0.373 e. The highest BCUT2D eigenvalue weighted by molar-refractivity contribution is 6.31. The largest absolute Gasteiger partial charge is 0.495 e. The van der Waals surface area contributed by atoms with Crippen molar-refractivity contribution in [2.45, 2.75) is 13.8 Å². The molecule has 28 heavy (non-hydrogen) atoms. The summed E-state index contributed by atoms with van der Waals surface area (Å²) in [6.45, 7) is 3.71. The summed E-state index contributed by atoms with van der Waals surface area (Å²) in [5, 5.41) is 15.2. The lowest BCUT2D eigenvalue weighted by Gasteiger charge is -2.13. The van der Waals surface area contributed by atoms with Crippen molar-refractivity contribution in [3.8, 4) is 17.4 Å². The van der Waals surface area contributed by atoms with Gasteiger partial charge in [0.25, 0.3) is 0 Å². The monoisotopic (exact) mass is 400 g/mol. The Morgan fingerprint density at radius 1 is 1.14 bits per heavy atom. The van der Waals surface area contributed by atoms with Crippen LogP contribution < -0.4 is 14.8 Å². The van der Waals surface area contributed by atoms with E-state index in [1.807, 2.05) is 13.0 Å². The first-order valence-electron chi connectivity index (χ1n) is 8.24. The molecule has 3 rings (SSSR count). The number of ether oxygens (including phenoxy) is 2. The Balaban J connectivity index is 2.01. The summed E-state index contributed by atoms with van der Waals surface area (Å²) < 4.78 is 10.9. The fraction of sp³-hybridized carbons (Fsp3) is 0.158. The van der Waals surface area contributed by atoms with E-state index >= 15 is 0 Å². The van der Waals surface area contributed by atoms with Gasteiger partial charge in [0.15, 0.2) is 0 Å². The van der Waals surface area contributed by atoms with Gasteiger partial charge in [-0.05, 0) is 55.3 Å². The smallest absolute Gasteiger partial charge is 0.373 e. The lowest BCUT2D eigenvalue weighted by molar-refractivity contribution is -0.385. The molecule has 1 heterocycles. The molecule has 0 spiro atoms. The minimum absolute atomic E-state index is 0.00964. The Labute approximate surface area is 166 Å². The summed E-state index contributed by atoms with van der Waals surface area (Å²) in [7, 11) is 1.52. The van der Waals surface area contributed by atoms with Crippen LogP contribution in [-0.2, 0) is 0 Å². The summed E-state index contributed by atoms with van der Waals surface area (Å²) in [5.41, 5.74) is 1.88. The van der Waals surface area contributed by atoms with E-state index in [0.29, 0.717) is 22.2 Å². The topological polar surface area (TPSA) is 99.4 Å². The second-order valence-corrected chi connectivity index (χ2v) is 6.38. The Hall–Kier alpha value is -3.39. The number of nitro groups is 1. The molecule has 0 unspecified atom stereocenters. The maximum atomic E-state index is 11.7. The van der Waals surface area contributed by atoms with Crippen LogP contribution in [0.4, 0.5) is 17.2 Å². The molecular formula is C19H17ClN4O4. The Kier molecular flexibility index (Phi) is 5.60. The first kappa shape index (κ1) is 19.4.